The van der Waals surface area contributed by atoms with E-state index >= 15 is 4.57 Å². The van der Waals surface area contributed by atoms with Crippen LogP contribution < -0.4 is 19.1 Å². The Hall–Kier alpha value is -6.37. The summed E-state index contributed by atoms with van der Waals surface area (Å²) in [5.41, 5.74) is -0.596. The molecule has 0 bridgehead atoms. The molecule has 1 unspecified atom stereocenters. The van der Waals surface area contributed by atoms with Gasteiger partial charge >= 0.3 is 7.60 Å². The molecule has 0 spiro atoms. The predicted molar refractivity (Wildman–Crippen MR) is 190 cm³/mol. The van der Waals surface area contributed by atoms with Crippen molar-refractivity contribution in [2.75, 3.05) is 10.0 Å². The summed E-state index contributed by atoms with van der Waals surface area (Å²) in [5.74, 6) is -3.22. The molecule has 1 aliphatic carbocycles. The topological polar surface area (TPSA) is 194 Å². The molecule has 15 heteroatoms. The van der Waals surface area contributed by atoms with E-state index < -0.39 is 46.5 Å². The molecule has 1 heterocycles. The zero-order valence-corrected chi connectivity index (χ0v) is 28.8. The first-order valence-electron chi connectivity index (χ1n) is 15.6. The Balaban J connectivity index is 1.34. The fourth-order valence-corrected chi connectivity index (χ4v) is 8.57. The van der Waals surface area contributed by atoms with Crippen molar-refractivity contribution in [2.45, 2.75) is 17.6 Å². The number of rotatable bonds is 11. The molecule has 7 rings (SSSR count). The van der Waals surface area contributed by atoms with Crippen LogP contribution in [0.1, 0.15) is 48.9 Å². The average Bonchev–Trinajstić information content (AvgIpc) is 3.53. The maximum Gasteiger partial charge on any atom is 0.457 e. The third kappa shape index (κ3) is 6.60. The Labute approximate surface area is 297 Å². The van der Waals surface area contributed by atoms with E-state index in [1.165, 1.54) is 54.6 Å². The van der Waals surface area contributed by atoms with Crippen LogP contribution >= 0.6 is 7.60 Å². The molecule has 4 N–H and O–H groups in total. The normalized spacial score (nSPS) is 13.1. The lowest BCUT2D eigenvalue weighted by Crippen LogP contribution is -2.23. The standard InChI is InChI=1S/C37H28N3O10PS/c1-22-19-32(39-48-22)40-52(46,47)27-17-15-24(16-18-27)38-37(51(45,49-25-9-4-2-5-10-25)50-26-11-6-3-7-12-26)23-20-29-34(31(42)21-23)36(44)33-28(35(29)43)13-8-14-30(33)41/h2-21,37-38,41-42H,1H3,(H,39,40). The summed E-state index contributed by atoms with van der Waals surface area (Å²) in [4.78, 5) is 27.2. The second kappa shape index (κ2) is 13.4. The van der Waals surface area contributed by atoms with E-state index in [1.807, 2.05) is 0 Å². The first kappa shape index (κ1) is 34.1. The zero-order valence-electron chi connectivity index (χ0n) is 27.1. The summed E-state index contributed by atoms with van der Waals surface area (Å²) in [6, 6.07) is 29.8. The average molecular weight is 738 g/mol. The minimum Gasteiger partial charge on any atom is -0.507 e. The van der Waals surface area contributed by atoms with Gasteiger partial charge in [-0.2, -0.15) is 0 Å². The number of para-hydroxylation sites is 2. The summed E-state index contributed by atoms with van der Waals surface area (Å²) in [6.07, 6.45) is 0. The highest BCUT2D eigenvalue weighted by Crippen LogP contribution is 2.61. The van der Waals surface area contributed by atoms with Crippen LogP contribution in [0.5, 0.6) is 23.0 Å². The summed E-state index contributed by atoms with van der Waals surface area (Å²) in [6.45, 7) is 1.61. The van der Waals surface area contributed by atoms with Gasteiger partial charge in [0.15, 0.2) is 17.4 Å². The summed E-state index contributed by atoms with van der Waals surface area (Å²) < 4.78 is 60.9. The van der Waals surface area contributed by atoms with Gasteiger partial charge in [-0.15, -0.1) is 0 Å². The minimum absolute atomic E-state index is 0.00472. The molecule has 5 aromatic carbocycles. The number of ketones is 2. The number of sulfonamides is 1. The molecule has 1 aromatic heterocycles. The van der Waals surface area contributed by atoms with Crippen molar-refractivity contribution in [1.29, 1.82) is 0 Å². The molecular formula is C37H28N3O10PS. The smallest absolute Gasteiger partial charge is 0.457 e. The Bertz CT molecular complexity index is 2440. The number of hydrogen-bond acceptors (Lipinski definition) is 12. The quantitative estimate of drug-likeness (QED) is 0.0961. The van der Waals surface area contributed by atoms with Gasteiger partial charge in [0.05, 0.1) is 16.0 Å². The van der Waals surface area contributed by atoms with E-state index in [9.17, 15) is 28.2 Å². The van der Waals surface area contributed by atoms with Crippen LogP contribution in [0.4, 0.5) is 11.5 Å². The van der Waals surface area contributed by atoms with Crippen LogP contribution in [0.3, 0.4) is 0 Å². The molecule has 0 fully saturated rings. The van der Waals surface area contributed by atoms with Gasteiger partial charge in [0.1, 0.15) is 28.8 Å². The maximum atomic E-state index is 15.3. The van der Waals surface area contributed by atoms with Crippen molar-refractivity contribution in [3.05, 3.63) is 155 Å². The molecule has 0 saturated heterocycles. The van der Waals surface area contributed by atoms with Crippen molar-refractivity contribution in [1.82, 2.24) is 5.16 Å². The number of anilines is 2. The van der Waals surface area contributed by atoms with E-state index in [2.05, 4.69) is 15.2 Å². The van der Waals surface area contributed by atoms with Gasteiger partial charge in [-0.3, -0.25) is 14.3 Å². The van der Waals surface area contributed by atoms with Gasteiger partial charge in [0.25, 0.3) is 10.0 Å². The minimum atomic E-state index is -4.52. The van der Waals surface area contributed by atoms with Gasteiger partial charge in [0, 0.05) is 22.9 Å². The molecule has 0 amide bonds. The molecular weight excluding hydrogens is 709 g/mol. The number of aromatic hydroxyl groups is 2. The number of phenols is 2. The van der Waals surface area contributed by atoms with Crippen molar-refractivity contribution < 1.29 is 46.4 Å². The lowest BCUT2D eigenvalue weighted by Gasteiger charge is -2.30. The number of fused-ring (bicyclic) bond motifs is 2. The van der Waals surface area contributed by atoms with Gasteiger partial charge in [-0.1, -0.05) is 53.7 Å². The fourth-order valence-electron chi connectivity index (χ4n) is 5.69. The highest BCUT2D eigenvalue weighted by atomic mass is 32.2. The Morgan fingerprint density at radius 3 is 1.94 bits per heavy atom. The molecule has 6 aromatic rings. The fraction of sp³-hybridized carbons (Fsp3) is 0.0541. The lowest BCUT2D eigenvalue weighted by atomic mass is 9.82. The highest BCUT2D eigenvalue weighted by molar-refractivity contribution is 7.92. The van der Waals surface area contributed by atoms with Crippen molar-refractivity contribution in [3.63, 3.8) is 0 Å². The van der Waals surface area contributed by atoms with Gasteiger partial charge < -0.3 is 29.1 Å². The van der Waals surface area contributed by atoms with Crippen LogP contribution in [0.15, 0.2) is 131 Å². The van der Waals surface area contributed by atoms with Crippen LogP contribution in [0, 0.1) is 6.92 Å². The number of carbonyl (C=O) groups is 2. The number of carbonyl (C=O) groups excluding carboxylic acids is 2. The van der Waals surface area contributed by atoms with E-state index in [0.717, 1.165) is 6.07 Å². The summed E-state index contributed by atoms with van der Waals surface area (Å²) >= 11 is 0. The summed E-state index contributed by atoms with van der Waals surface area (Å²) in [7, 11) is -8.61. The molecule has 1 aliphatic rings. The molecule has 1 atom stereocenters. The first-order valence-corrected chi connectivity index (χ1v) is 18.7. The second-order valence-corrected chi connectivity index (χ2v) is 15.3. The predicted octanol–water partition coefficient (Wildman–Crippen LogP) is 7.43. The van der Waals surface area contributed by atoms with E-state index in [-0.39, 0.29) is 55.7 Å². The highest BCUT2D eigenvalue weighted by Gasteiger charge is 2.43. The molecule has 0 aliphatic heterocycles. The lowest BCUT2D eigenvalue weighted by molar-refractivity contribution is 0.0974. The van der Waals surface area contributed by atoms with Crippen molar-refractivity contribution in [3.8, 4) is 23.0 Å². The molecule has 52 heavy (non-hydrogen) atoms. The van der Waals surface area contributed by atoms with Gasteiger partial charge in [-0.25, -0.2) is 13.0 Å². The number of hydrogen-bond donors (Lipinski definition) is 4. The van der Waals surface area contributed by atoms with Crippen molar-refractivity contribution in [2.24, 2.45) is 0 Å². The monoisotopic (exact) mass is 737 g/mol. The number of aromatic nitrogens is 1. The van der Waals surface area contributed by atoms with Crippen LogP contribution in [0.2, 0.25) is 0 Å². The molecule has 0 radical (unpaired) electrons. The molecule has 0 saturated carbocycles. The largest absolute Gasteiger partial charge is 0.507 e. The van der Waals surface area contributed by atoms with E-state index in [0.29, 0.717) is 5.76 Å². The molecule has 13 nitrogen and oxygen atoms in total. The number of nitrogens with one attached hydrogen (secondary N) is 2. The van der Waals surface area contributed by atoms with E-state index in [1.54, 1.807) is 67.6 Å². The van der Waals surface area contributed by atoms with Crippen molar-refractivity contribution >= 4 is 40.7 Å². The van der Waals surface area contributed by atoms with Crippen LogP contribution in [-0.2, 0) is 14.6 Å². The zero-order chi connectivity index (χ0) is 36.6. The first-order chi connectivity index (χ1) is 24.9. The van der Waals surface area contributed by atoms with Crippen LogP contribution in [0.25, 0.3) is 0 Å². The Morgan fingerprint density at radius 2 is 1.35 bits per heavy atom. The SMILES string of the molecule is Cc1cc(NS(=O)(=O)c2ccc(NC(c3cc(O)c4c(c3)C(=O)c3cccc(O)c3C4=O)P(=O)(Oc3ccccc3)Oc3ccccc3)cc2)no1. The molecule has 262 valence electrons. The Kier molecular flexibility index (Phi) is 8.78. The van der Waals surface area contributed by atoms with E-state index in [4.69, 9.17) is 13.6 Å². The van der Waals surface area contributed by atoms with Crippen LogP contribution in [-0.4, -0.2) is 35.4 Å². The number of aryl methyl sites for hydroxylation is 1. The number of nitrogens with zero attached hydrogens (tertiary/aromatic N) is 1. The Morgan fingerprint density at radius 1 is 0.731 bits per heavy atom. The van der Waals surface area contributed by atoms with Gasteiger partial charge in [-0.05, 0) is 79.2 Å². The third-order valence-electron chi connectivity index (χ3n) is 8.04. The second-order valence-electron chi connectivity index (χ2n) is 11.7. The number of benzene rings is 5. The number of phenolic OH excluding ortho intramolecular Hbond substituents is 2. The van der Waals surface area contributed by atoms with Gasteiger partial charge in [0.2, 0.25) is 5.78 Å². The third-order valence-corrected chi connectivity index (χ3v) is 11.4. The summed E-state index contributed by atoms with van der Waals surface area (Å²) in [5, 5.41) is 28.5. The maximum absolute atomic E-state index is 15.3.